The van der Waals surface area contributed by atoms with E-state index in [9.17, 15) is 9.18 Å². The van der Waals surface area contributed by atoms with Crippen molar-refractivity contribution in [2.24, 2.45) is 4.99 Å². The molecule has 0 atom stereocenters. The molecule has 0 saturated heterocycles. The fourth-order valence-corrected chi connectivity index (χ4v) is 1.19. The van der Waals surface area contributed by atoms with Gasteiger partial charge < -0.3 is 9.47 Å². The van der Waals surface area contributed by atoms with Crippen LogP contribution >= 0.6 is 0 Å². The summed E-state index contributed by atoms with van der Waals surface area (Å²) in [6.07, 6.45) is 1.38. The van der Waals surface area contributed by atoms with E-state index in [1.54, 1.807) is 6.07 Å². The normalized spacial score (nSPS) is 9.27. The molecule has 0 spiro atoms. The molecule has 5 heteroatoms. The van der Waals surface area contributed by atoms with Crippen LogP contribution in [-0.4, -0.2) is 20.3 Å². The van der Waals surface area contributed by atoms with Crippen LogP contribution in [0.2, 0.25) is 0 Å². The first kappa shape index (κ1) is 11.2. The number of halogens is 1. The van der Waals surface area contributed by atoms with E-state index in [1.807, 2.05) is 0 Å². The van der Waals surface area contributed by atoms with Crippen LogP contribution in [0, 0.1) is 5.82 Å². The summed E-state index contributed by atoms with van der Waals surface area (Å²) in [6, 6.07) is 2.80. The molecule has 0 unspecified atom stereocenters. The summed E-state index contributed by atoms with van der Waals surface area (Å²) in [5, 5.41) is 0. The van der Waals surface area contributed by atoms with Gasteiger partial charge in [0, 0.05) is 0 Å². The molecule has 0 aliphatic rings. The molecule has 0 fully saturated rings. The van der Waals surface area contributed by atoms with Gasteiger partial charge in [0.2, 0.25) is 6.08 Å². The Bertz CT molecular complexity index is 400. The van der Waals surface area contributed by atoms with E-state index >= 15 is 0 Å². The lowest BCUT2D eigenvalue weighted by atomic mass is 10.2. The zero-order valence-electron chi connectivity index (χ0n) is 8.41. The highest BCUT2D eigenvalue weighted by Crippen LogP contribution is 2.31. The summed E-state index contributed by atoms with van der Waals surface area (Å²) in [6.45, 7) is 0.0702. The third-order valence-electron chi connectivity index (χ3n) is 1.82. The molecule has 4 nitrogen and oxygen atoms in total. The van der Waals surface area contributed by atoms with Crippen LogP contribution in [0.5, 0.6) is 11.5 Å². The molecule has 1 rings (SSSR count). The summed E-state index contributed by atoms with van der Waals surface area (Å²) in [4.78, 5) is 13.2. The molecule has 0 heterocycles. The number of rotatable bonds is 4. The van der Waals surface area contributed by atoms with Crippen molar-refractivity contribution in [3.05, 3.63) is 23.5 Å². The van der Waals surface area contributed by atoms with Gasteiger partial charge in [-0.1, -0.05) is 0 Å². The number of ether oxygens (including phenoxy) is 2. The Morgan fingerprint density at radius 3 is 2.67 bits per heavy atom. The van der Waals surface area contributed by atoms with Gasteiger partial charge in [-0.05, 0) is 17.7 Å². The van der Waals surface area contributed by atoms with Gasteiger partial charge in [0.25, 0.3) is 0 Å². The molecule has 80 valence electrons. The van der Waals surface area contributed by atoms with Gasteiger partial charge in [-0.3, -0.25) is 0 Å². The predicted molar refractivity (Wildman–Crippen MR) is 51.3 cm³/mol. The highest BCUT2D eigenvalue weighted by Gasteiger charge is 2.11. The number of nitrogens with zero attached hydrogens (tertiary/aromatic N) is 1. The molecule has 0 saturated carbocycles. The lowest BCUT2D eigenvalue weighted by Gasteiger charge is -2.09. The maximum Gasteiger partial charge on any atom is 0.235 e. The van der Waals surface area contributed by atoms with Gasteiger partial charge >= 0.3 is 0 Å². The van der Waals surface area contributed by atoms with Crippen LogP contribution in [0.25, 0.3) is 0 Å². The second kappa shape index (κ2) is 5.12. The molecular weight excluding hydrogens is 201 g/mol. The van der Waals surface area contributed by atoms with Gasteiger partial charge in [-0.15, -0.1) is 0 Å². The fourth-order valence-electron chi connectivity index (χ4n) is 1.19. The zero-order valence-corrected chi connectivity index (χ0v) is 8.41. The highest BCUT2D eigenvalue weighted by atomic mass is 19.1. The Kier molecular flexibility index (Phi) is 3.83. The number of methoxy groups -OCH3 is 2. The van der Waals surface area contributed by atoms with Crippen LogP contribution in [0.1, 0.15) is 5.56 Å². The molecule has 0 aromatic heterocycles. The van der Waals surface area contributed by atoms with E-state index in [0.29, 0.717) is 5.56 Å². The van der Waals surface area contributed by atoms with E-state index in [0.717, 1.165) is 0 Å². The van der Waals surface area contributed by atoms with Gasteiger partial charge in [-0.2, -0.15) is 0 Å². The van der Waals surface area contributed by atoms with Gasteiger partial charge in [-0.25, -0.2) is 14.2 Å². The lowest BCUT2D eigenvalue weighted by Crippen LogP contribution is -1.96. The number of aliphatic imine (C=N–C) groups is 1. The number of hydrogen-bond donors (Lipinski definition) is 0. The maximum absolute atomic E-state index is 13.4. The van der Waals surface area contributed by atoms with Crippen molar-refractivity contribution < 1.29 is 18.7 Å². The Morgan fingerprint density at radius 2 is 2.13 bits per heavy atom. The molecule has 0 aliphatic heterocycles. The van der Waals surface area contributed by atoms with Crippen molar-refractivity contribution in [3.8, 4) is 11.5 Å². The van der Waals surface area contributed by atoms with Crippen LogP contribution in [0.4, 0.5) is 4.39 Å². The van der Waals surface area contributed by atoms with E-state index in [2.05, 4.69) is 4.99 Å². The molecule has 0 amide bonds. The summed E-state index contributed by atoms with van der Waals surface area (Å²) in [7, 11) is 2.76. The van der Waals surface area contributed by atoms with Gasteiger partial charge in [0.05, 0.1) is 20.8 Å². The van der Waals surface area contributed by atoms with E-state index < -0.39 is 5.82 Å². The fraction of sp³-hybridized carbons (Fsp3) is 0.300. The van der Waals surface area contributed by atoms with Crippen molar-refractivity contribution >= 4 is 6.08 Å². The van der Waals surface area contributed by atoms with Crippen LogP contribution in [0.3, 0.4) is 0 Å². The number of carbonyl (C=O) groups excluding carboxylic acids is 1. The van der Waals surface area contributed by atoms with E-state index in [-0.39, 0.29) is 18.0 Å². The average Bonchev–Trinajstić information content (AvgIpc) is 2.25. The third kappa shape index (κ3) is 2.54. The molecule has 0 aliphatic carbocycles. The first-order chi connectivity index (χ1) is 7.22. The molecule has 15 heavy (non-hydrogen) atoms. The maximum atomic E-state index is 13.4. The molecular formula is C10H10FNO3. The highest BCUT2D eigenvalue weighted by molar-refractivity contribution is 5.44. The first-order valence-corrected chi connectivity index (χ1v) is 4.17. The Morgan fingerprint density at radius 1 is 1.40 bits per heavy atom. The Hall–Kier alpha value is -1.87. The molecule has 0 bridgehead atoms. The van der Waals surface area contributed by atoms with Crippen molar-refractivity contribution in [2.75, 3.05) is 14.2 Å². The minimum atomic E-state index is -0.548. The van der Waals surface area contributed by atoms with E-state index in [1.165, 1.54) is 26.4 Å². The molecule has 0 N–H and O–H groups in total. The third-order valence-corrected chi connectivity index (χ3v) is 1.82. The molecule has 1 aromatic carbocycles. The number of benzene rings is 1. The van der Waals surface area contributed by atoms with Crippen LogP contribution in [0.15, 0.2) is 17.1 Å². The summed E-state index contributed by atoms with van der Waals surface area (Å²) in [5.41, 5.74) is 0.522. The Balaban J connectivity index is 3.12. The van der Waals surface area contributed by atoms with Crippen molar-refractivity contribution in [1.82, 2.24) is 0 Å². The molecule has 0 radical (unpaired) electrons. The summed E-state index contributed by atoms with van der Waals surface area (Å²) >= 11 is 0. The SMILES string of the molecule is COc1cc(CN=C=O)cc(F)c1OC. The van der Waals surface area contributed by atoms with Gasteiger partial charge in [0.1, 0.15) is 0 Å². The minimum Gasteiger partial charge on any atom is -0.493 e. The first-order valence-electron chi connectivity index (χ1n) is 4.17. The Labute approximate surface area is 86.3 Å². The van der Waals surface area contributed by atoms with Crippen LogP contribution < -0.4 is 9.47 Å². The monoisotopic (exact) mass is 211 g/mol. The zero-order chi connectivity index (χ0) is 11.3. The average molecular weight is 211 g/mol. The number of hydrogen-bond acceptors (Lipinski definition) is 4. The summed E-state index contributed by atoms with van der Waals surface area (Å²) in [5.74, 6) is -0.238. The largest absolute Gasteiger partial charge is 0.493 e. The van der Waals surface area contributed by atoms with Crippen LogP contribution in [-0.2, 0) is 11.3 Å². The summed E-state index contributed by atoms with van der Waals surface area (Å²) < 4.78 is 23.1. The minimum absolute atomic E-state index is 0.0383. The van der Waals surface area contributed by atoms with Gasteiger partial charge in [0.15, 0.2) is 17.3 Å². The van der Waals surface area contributed by atoms with Crippen molar-refractivity contribution in [2.45, 2.75) is 6.54 Å². The standard InChI is InChI=1S/C10H10FNO3/c1-14-9-4-7(5-12-6-13)3-8(11)10(9)15-2/h3-4H,5H2,1-2H3. The molecule has 1 aromatic rings. The number of isocyanates is 1. The van der Waals surface area contributed by atoms with Crippen molar-refractivity contribution in [1.29, 1.82) is 0 Å². The predicted octanol–water partition coefficient (Wildman–Crippen LogP) is 1.68. The second-order valence-corrected chi connectivity index (χ2v) is 2.72. The topological polar surface area (TPSA) is 47.9 Å². The quantitative estimate of drug-likeness (QED) is 0.562. The lowest BCUT2D eigenvalue weighted by molar-refractivity contribution is 0.337. The van der Waals surface area contributed by atoms with Crippen molar-refractivity contribution in [3.63, 3.8) is 0 Å². The second-order valence-electron chi connectivity index (χ2n) is 2.72. The van der Waals surface area contributed by atoms with E-state index in [4.69, 9.17) is 9.47 Å². The smallest absolute Gasteiger partial charge is 0.235 e.